The molecule has 0 aromatic carbocycles. The van der Waals surface area contributed by atoms with E-state index in [1.807, 2.05) is 0 Å². The SMILES string of the molecule is CCC1OC(COCC2C(CO)OC(COCC3C(CO)OC(OCC4OC(COCC5C(CO)OC(COCC6C(CO)OC(OC)C(O)C6O)C(O)C5O)C(O)C(O)C4O)C(O)C3O)C(O)C2O)C(O)C(O)C1O. The Kier molecular flexibility index (Phi) is 25.0. The standard InChI is InChI=1S/C46H82O30/c1-3-21-35(55)41(61)38(58)28(71-21)14-66-8-17-22(4-47)72-27(37(57)31(17)51)13-69-11-20-25(7-50)76-46(44(64)34(20)54)70-16-30-40(60)42(62)39(59)29(74-30)15-67-9-18-23(5-48)73-26(36(56)32(18)52)12-68-10-19-24(6-49)75-45(65-2)43(63)33(19)53/h17-64H,3-16H2,1-2H3. The predicted molar refractivity (Wildman–Crippen MR) is 245 cm³/mol. The second kappa shape index (κ2) is 29.7. The van der Waals surface area contributed by atoms with Crippen molar-refractivity contribution in [3.8, 4) is 0 Å². The molecule has 76 heavy (non-hydrogen) atoms. The van der Waals surface area contributed by atoms with Gasteiger partial charge < -0.3 is 149 Å². The van der Waals surface area contributed by atoms with Gasteiger partial charge in [-0.15, -0.1) is 0 Å². The van der Waals surface area contributed by atoms with E-state index in [0.717, 1.165) is 0 Å². The van der Waals surface area contributed by atoms with Gasteiger partial charge in [-0.1, -0.05) is 6.92 Å². The van der Waals surface area contributed by atoms with E-state index >= 15 is 0 Å². The number of aliphatic hydroxyl groups excluding tert-OH is 18. The Morgan fingerprint density at radius 1 is 0.276 bits per heavy atom. The maximum atomic E-state index is 11.2. The van der Waals surface area contributed by atoms with E-state index in [9.17, 15) is 91.9 Å². The largest absolute Gasteiger partial charge is 0.394 e. The minimum atomic E-state index is -1.82. The van der Waals surface area contributed by atoms with Gasteiger partial charge in [0.1, 0.15) is 91.6 Å². The second-order valence-electron chi connectivity index (χ2n) is 20.3. The third-order valence-electron chi connectivity index (χ3n) is 15.5. The van der Waals surface area contributed by atoms with Crippen molar-refractivity contribution in [2.45, 2.75) is 172 Å². The van der Waals surface area contributed by atoms with Crippen molar-refractivity contribution in [1.29, 1.82) is 0 Å². The summed E-state index contributed by atoms with van der Waals surface area (Å²) in [7, 11) is 1.26. The van der Waals surface area contributed by atoms with Gasteiger partial charge in [0.2, 0.25) is 0 Å². The van der Waals surface area contributed by atoms with E-state index in [4.69, 9.17) is 56.8 Å². The Hall–Kier alpha value is -1.20. The smallest absolute Gasteiger partial charge is 0.186 e. The number of ether oxygens (including phenoxy) is 12. The highest BCUT2D eigenvalue weighted by Gasteiger charge is 2.51. The second-order valence-corrected chi connectivity index (χ2v) is 20.3. The fourth-order valence-electron chi connectivity index (χ4n) is 10.6. The molecule has 30 atom stereocenters. The number of hydrogen-bond donors (Lipinski definition) is 18. The highest BCUT2D eigenvalue weighted by molar-refractivity contribution is 4.98. The van der Waals surface area contributed by atoms with Gasteiger partial charge in [-0.05, 0) is 6.42 Å². The zero-order chi connectivity index (χ0) is 55.7. The van der Waals surface area contributed by atoms with Crippen LogP contribution in [0.5, 0.6) is 0 Å². The molecule has 0 saturated carbocycles. The van der Waals surface area contributed by atoms with Crippen molar-refractivity contribution in [2.24, 2.45) is 23.7 Å². The van der Waals surface area contributed by atoms with E-state index < -0.39 is 236 Å². The van der Waals surface area contributed by atoms with Crippen LogP contribution in [0, 0.1) is 23.7 Å². The van der Waals surface area contributed by atoms with E-state index in [1.54, 1.807) is 6.92 Å². The summed E-state index contributed by atoms with van der Waals surface area (Å²) in [6.45, 7) is -4.25. The van der Waals surface area contributed by atoms with Crippen LogP contribution >= 0.6 is 0 Å². The molecule has 30 nitrogen and oxygen atoms in total. The molecular formula is C46H82O30. The van der Waals surface area contributed by atoms with Crippen molar-refractivity contribution in [3.05, 3.63) is 0 Å². The third kappa shape index (κ3) is 14.7. The van der Waals surface area contributed by atoms with Gasteiger partial charge in [0.15, 0.2) is 12.6 Å². The van der Waals surface area contributed by atoms with Gasteiger partial charge in [0.25, 0.3) is 0 Å². The first-order valence-electron chi connectivity index (χ1n) is 25.6. The topological polar surface area (TPSA) is 475 Å². The Bertz CT molecular complexity index is 1650. The molecule has 0 spiro atoms. The van der Waals surface area contributed by atoms with Crippen LogP contribution in [-0.2, 0) is 56.8 Å². The Morgan fingerprint density at radius 2 is 0.539 bits per heavy atom. The van der Waals surface area contributed by atoms with E-state index in [-0.39, 0.29) is 33.0 Å². The number of hydrogen-bond acceptors (Lipinski definition) is 30. The van der Waals surface area contributed by atoms with E-state index in [0.29, 0.717) is 6.42 Å². The van der Waals surface area contributed by atoms with Gasteiger partial charge >= 0.3 is 0 Å². The van der Waals surface area contributed by atoms with Crippen molar-refractivity contribution in [2.75, 3.05) is 93.0 Å². The number of methoxy groups -OCH3 is 1. The van der Waals surface area contributed by atoms with Crippen LogP contribution in [-0.4, -0.2) is 344 Å². The number of rotatable bonds is 25. The average molecular weight is 1120 g/mol. The van der Waals surface area contributed by atoms with Crippen LogP contribution in [0.1, 0.15) is 13.3 Å². The lowest BCUT2D eigenvalue weighted by Gasteiger charge is -2.45. The Balaban J connectivity index is 0.934. The van der Waals surface area contributed by atoms with E-state index in [2.05, 4.69) is 0 Å². The maximum absolute atomic E-state index is 11.2. The zero-order valence-electron chi connectivity index (χ0n) is 42.2. The fourth-order valence-corrected chi connectivity index (χ4v) is 10.6. The fraction of sp³-hybridized carbons (Fsp3) is 1.00. The van der Waals surface area contributed by atoms with Crippen LogP contribution in [0.4, 0.5) is 0 Å². The van der Waals surface area contributed by atoms with Crippen LogP contribution in [0.2, 0.25) is 0 Å². The molecule has 0 aliphatic carbocycles. The summed E-state index contributed by atoms with van der Waals surface area (Å²) in [5.74, 6) is -4.06. The molecule has 6 fully saturated rings. The molecule has 446 valence electrons. The number of aliphatic hydroxyl groups is 18. The summed E-state index contributed by atoms with van der Waals surface area (Å²) in [5.41, 5.74) is 0. The van der Waals surface area contributed by atoms with Gasteiger partial charge in [-0.3, -0.25) is 0 Å². The summed E-state index contributed by atoms with van der Waals surface area (Å²) in [5, 5.41) is 190. The summed E-state index contributed by atoms with van der Waals surface area (Å²) in [6, 6.07) is 0. The van der Waals surface area contributed by atoms with Gasteiger partial charge in [0.05, 0.1) is 141 Å². The predicted octanol–water partition coefficient (Wildman–Crippen LogP) is -10.9. The molecule has 30 heteroatoms. The van der Waals surface area contributed by atoms with Gasteiger partial charge in [-0.2, -0.15) is 0 Å². The quantitative estimate of drug-likeness (QED) is 0.0404. The lowest BCUT2D eigenvalue weighted by molar-refractivity contribution is -0.311. The normalized spacial score (nSPS) is 48.5. The van der Waals surface area contributed by atoms with Crippen molar-refractivity contribution >= 4 is 0 Å². The molecule has 30 unspecified atom stereocenters. The molecule has 0 radical (unpaired) electrons. The Morgan fingerprint density at radius 3 is 0.882 bits per heavy atom. The molecule has 6 aliphatic heterocycles. The van der Waals surface area contributed by atoms with Crippen molar-refractivity contribution in [1.82, 2.24) is 0 Å². The molecular weight excluding hydrogens is 1030 g/mol. The highest BCUT2D eigenvalue weighted by atomic mass is 16.7. The molecule has 0 aromatic rings. The van der Waals surface area contributed by atoms with Gasteiger partial charge in [0, 0.05) is 30.8 Å². The van der Waals surface area contributed by atoms with Crippen LogP contribution in [0.3, 0.4) is 0 Å². The minimum Gasteiger partial charge on any atom is -0.394 e. The summed E-state index contributed by atoms with van der Waals surface area (Å²) >= 11 is 0. The van der Waals surface area contributed by atoms with Crippen LogP contribution in [0.15, 0.2) is 0 Å². The first-order valence-corrected chi connectivity index (χ1v) is 25.6. The zero-order valence-corrected chi connectivity index (χ0v) is 42.2. The highest BCUT2D eigenvalue weighted by Crippen LogP contribution is 2.34. The first kappa shape index (κ1) is 64.0. The van der Waals surface area contributed by atoms with Gasteiger partial charge in [-0.25, -0.2) is 0 Å². The average Bonchev–Trinajstić information content (AvgIpc) is 3.42. The first-order chi connectivity index (χ1) is 36.3. The minimum absolute atomic E-state index is 0.263. The molecule has 6 aliphatic rings. The molecule has 0 amide bonds. The lowest BCUT2D eigenvalue weighted by Crippen LogP contribution is -2.61. The molecule has 0 aromatic heterocycles. The summed E-state index contributed by atoms with van der Waals surface area (Å²) in [6.07, 6.45) is -36.0. The monoisotopic (exact) mass is 1110 g/mol. The molecule has 6 saturated heterocycles. The summed E-state index contributed by atoms with van der Waals surface area (Å²) in [4.78, 5) is 0. The van der Waals surface area contributed by atoms with Crippen LogP contribution < -0.4 is 0 Å². The van der Waals surface area contributed by atoms with E-state index in [1.165, 1.54) is 7.11 Å². The molecule has 18 N–H and O–H groups in total. The molecule has 0 bridgehead atoms. The maximum Gasteiger partial charge on any atom is 0.186 e. The third-order valence-corrected chi connectivity index (χ3v) is 15.5. The van der Waals surface area contributed by atoms with Crippen LogP contribution in [0.25, 0.3) is 0 Å². The summed E-state index contributed by atoms with van der Waals surface area (Å²) < 4.78 is 67.7. The molecule has 6 rings (SSSR count). The molecule has 6 heterocycles. The van der Waals surface area contributed by atoms with Crippen molar-refractivity contribution in [3.63, 3.8) is 0 Å². The Labute approximate surface area is 437 Å². The van der Waals surface area contributed by atoms with Crippen molar-refractivity contribution < 1.29 is 149 Å². The lowest BCUT2D eigenvalue weighted by atomic mass is 9.87.